The molecule has 6 nitrogen and oxygen atoms in total. The number of hydrogen-bond acceptors (Lipinski definition) is 6. The first kappa shape index (κ1) is 14.4. The molecule has 21 heavy (non-hydrogen) atoms. The highest BCUT2D eigenvalue weighted by atomic mass is 16.6. The van der Waals surface area contributed by atoms with Gasteiger partial charge in [-0.1, -0.05) is 6.92 Å². The third-order valence-electron chi connectivity index (χ3n) is 3.97. The van der Waals surface area contributed by atoms with E-state index >= 15 is 0 Å². The summed E-state index contributed by atoms with van der Waals surface area (Å²) >= 11 is 0. The quantitative estimate of drug-likeness (QED) is 0.402. The van der Waals surface area contributed by atoms with E-state index in [1.54, 1.807) is 6.92 Å². The van der Waals surface area contributed by atoms with Crippen molar-refractivity contribution >= 4 is 17.9 Å². The second kappa shape index (κ2) is 5.31. The van der Waals surface area contributed by atoms with Gasteiger partial charge < -0.3 is 14.2 Å². The molecule has 0 aromatic carbocycles. The molecule has 0 unspecified atom stereocenters. The number of carbonyl (C=O) groups is 3. The molecule has 0 aromatic heterocycles. The molecule has 0 radical (unpaired) electrons. The van der Waals surface area contributed by atoms with Crippen LogP contribution in [0, 0.1) is 5.41 Å². The van der Waals surface area contributed by atoms with Crippen molar-refractivity contribution in [3.8, 4) is 0 Å². The minimum atomic E-state index is -1.95. The molecule has 0 amide bonds. The van der Waals surface area contributed by atoms with E-state index in [1.807, 2.05) is 0 Å². The molecule has 0 atom stereocenters. The summed E-state index contributed by atoms with van der Waals surface area (Å²) in [5, 5.41) is 0. The van der Waals surface area contributed by atoms with Crippen molar-refractivity contribution < 1.29 is 28.6 Å². The highest BCUT2D eigenvalue weighted by molar-refractivity contribution is 6.18. The van der Waals surface area contributed by atoms with Crippen LogP contribution in [0.15, 0.2) is 0 Å². The molecule has 0 aromatic rings. The van der Waals surface area contributed by atoms with E-state index in [0.717, 1.165) is 38.5 Å². The lowest BCUT2D eigenvalue weighted by Gasteiger charge is -2.26. The third-order valence-corrected chi connectivity index (χ3v) is 3.97. The molecule has 3 aliphatic rings. The highest BCUT2D eigenvalue weighted by Crippen LogP contribution is 2.37. The number of esters is 3. The van der Waals surface area contributed by atoms with Gasteiger partial charge in [-0.25, -0.2) is 0 Å². The molecule has 0 bridgehead atoms. The van der Waals surface area contributed by atoms with Crippen LogP contribution < -0.4 is 0 Å². The maximum Gasteiger partial charge on any atom is 0.335 e. The Hall–Kier alpha value is -1.59. The molecule has 0 N–H and O–H groups in total. The second-order valence-corrected chi connectivity index (χ2v) is 6.07. The smallest absolute Gasteiger partial charge is 0.335 e. The van der Waals surface area contributed by atoms with E-state index in [4.69, 9.17) is 14.2 Å². The Morgan fingerprint density at radius 2 is 1.05 bits per heavy atom. The lowest BCUT2D eigenvalue weighted by Crippen LogP contribution is -2.49. The van der Waals surface area contributed by atoms with E-state index < -0.39 is 23.3 Å². The number of carbonyl (C=O) groups excluding carboxylic acids is 3. The molecule has 3 fully saturated rings. The predicted octanol–water partition coefficient (Wildman–Crippen LogP) is 1.50. The third kappa shape index (κ3) is 3.04. The molecule has 0 aliphatic heterocycles. The van der Waals surface area contributed by atoms with Gasteiger partial charge in [-0.3, -0.25) is 14.4 Å². The van der Waals surface area contributed by atoms with E-state index in [9.17, 15) is 14.4 Å². The van der Waals surface area contributed by atoms with Gasteiger partial charge >= 0.3 is 17.9 Å². The average Bonchev–Trinajstić information content (AvgIpc) is 3.23. The van der Waals surface area contributed by atoms with Gasteiger partial charge in [0.15, 0.2) is 0 Å². The van der Waals surface area contributed by atoms with Gasteiger partial charge in [0.25, 0.3) is 5.41 Å². The van der Waals surface area contributed by atoms with Gasteiger partial charge in [0.1, 0.15) is 18.3 Å². The monoisotopic (exact) mass is 296 g/mol. The van der Waals surface area contributed by atoms with Crippen LogP contribution in [-0.4, -0.2) is 36.2 Å². The van der Waals surface area contributed by atoms with E-state index in [-0.39, 0.29) is 24.7 Å². The van der Waals surface area contributed by atoms with Crippen molar-refractivity contribution in [1.82, 2.24) is 0 Å². The largest absolute Gasteiger partial charge is 0.461 e. The Kier molecular flexibility index (Phi) is 3.63. The molecule has 0 saturated heterocycles. The minimum Gasteiger partial charge on any atom is -0.461 e. The molecular weight excluding hydrogens is 276 g/mol. The molecule has 0 spiro atoms. The zero-order chi connectivity index (χ0) is 15.0. The lowest BCUT2D eigenvalue weighted by atomic mass is 9.85. The van der Waals surface area contributed by atoms with Crippen molar-refractivity contribution in [2.75, 3.05) is 0 Å². The van der Waals surface area contributed by atoms with Crippen molar-refractivity contribution in [3.63, 3.8) is 0 Å². The van der Waals surface area contributed by atoms with Crippen molar-refractivity contribution in [3.05, 3.63) is 0 Å². The minimum absolute atomic E-state index is 0.00431. The standard InChI is InChI=1S/C15H20O6/c1-2-15(12(16)19-9-3-4-9,13(17)20-10-5-6-10)14(18)21-11-7-8-11/h9-11H,2-8H2,1H3. The Morgan fingerprint density at radius 1 is 0.762 bits per heavy atom. The zero-order valence-corrected chi connectivity index (χ0v) is 12.1. The zero-order valence-electron chi connectivity index (χ0n) is 12.1. The lowest BCUT2D eigenvalue weighted by molar-refractivity contribution is -0.186. The summed E-state index contributed by atoms with van der Waals surface area (Å²) in [6.45, 7) is 1.61. The first-order valence-corrected chi connectivity index (χ1v) is 7.69. The first-order valence-electron chi connectivity index (χ1n) is 7.69. The fourth-order valence-electron chi connectivity index (χ4n) is 2.00. The Morgan fingerprint density at radius 3 is 1.24 bits per heavy atom. The average molecular weight is 296 g/mol. The van der Waals surface area contributed by atoms with Crippen LogP contribution in [0.3, 0.4) is 0 Å². The Balaban J connectivity index is 1.78. The number of hydrogen-bond donors (Lipinski definition) is 0. The van der Waals surface area contributed by atoms with Crippen LogP contribution in [0.2, 0.25) is 0 Å². The van der Waals surface area contributed by atoms with Gasteiger partial charge in [-0.05, 0) is 44.9 Å². The van der Waals surface area contributed by atoms with Crippen LogP contribution in [0.4, 0.5) is 0 Å². The predicted molar refractivity (Wildman–Crippen MR) is 70.1 cm³/mol. The molecule has 3 rings (SSSR count). The summed E-state index contributed by atoms with van der Waals surface area (Å²) in [5.41, 5.74) is -1.95. The molecular formula is C15H20O6. The molecule has 0 heterocycles. The Labute approximate surface area is 123 Å². The SMILES string of the molecule is CCC(C(=O)OC1CC1)(C(=O)OC1CC1)C(=O)OC1CC1. The maximum atomic E-state index is 12.4. The summed E-state index contributed by atoms with van der Waals surface area (Å²) in [7, 11) is 0. The van der Waals surface area contributed by atoms with E-state index in [2.05, 4.69) is 0 Å². The maximum absolute atomic E-state index is 12.4. The van der Waals surface area contributed by atoms with Gasteiger partial charge in [-0.15, -0.1) is 0 Å². The summed E-state index contributed by atoms with van der Waals surface area (Å²) < 4.78 is 15.7. The summed E-state index contributed by atoms with van der Waals surface area (Å²) in [6, 6.07) is 0. The van der Waals surface area contributed by atoms with Crippen molar-refractivity contribution in [2.24, 2.45) is 5.41 Å². The van der Waals surface area contributed by atoms with E-state index in [1.165, 1.54) is 0 Å². The summed E-state index contributed by atoms with van der Waals surface area (Å²) in [5.74, 6) is -2.45. The Bertz CT molecular complexity index is 394. The number of rotatable bonds is 7. The molecule has 3 saturated carbocycles. The van der Waals surface area contributed by atoms with Gasteiger partial charge in [-0.2, -0.15) is 0 Å². The molecule has 6 heteroatoms. The molecule has 3 aliphatic carbocycles. The number of ether oxygens (including phenoxy) is 3. The van der Waals surface area contributed by atoms with Gasteiger partial charge in [0.2, 0.25) is 0 Å². The topological polar surface area (TPSA) is 78.9 Å². The van der Waals surface area contributed by atoms with Gasteiger partial charge in [0, 0.05) is 0 Å². The van der Waals surface area contributed by atoms with Crippen LogP contribution in [0.5, 0.6) is 0 Å². The first-order chi connectivity index (χ1) is 10.1. The van der Waals surface area contributed by atoms with E-state index in [0.29, 0.717) is 0 Å². The highest BCUT2D eigenvalue weighted by Gasteiger charge is 2.58. The fraction of sp³-hybridized carbons (Fsp3) is 0.800. The second-order valence-electron chi connectivity index (χ2n) is 6.07. The van der Waals surface area contributed by atoms with Crippen LogP contribution in [0.25, 0.3) is 0 Å². The van der Waals surface area contributed by atoms with Crippen molar-refractivity contribution in [2.45, 2.75) is 70.2 Å². The normalized spacial score (nSPS) is 21.6. The molecule has 116 valence electrons. The van der Waals surface area contributed by atoms with Crippen LogP contribution in [0.1, 0.15) is 51.9 Å². The van der Waals surface area contributed by atoms with Crippen molar-refractivity contribution in [1.29, 1.82) is 0 Å². The summed E-state index contributed by atoms with van der Waals surface area (Å²) in [6.07, 6.45) is 4.14. The summed E-state index contributed by atoms with van der Waals surface area (Å²) in [4.78, 5) is 37.2. The van der Waals surface area contributed by atoms with Crippen LogP contribution >= 0.6 is 0 Å². The fourth-order valence-corrected chi connectivity index (χ4v) is 2.00. The van der Waals surface area contributed by atoms with Crippen LogP contribution in [-0.2, 0) is 28.6 Å². The van der Waals surface area contributed by atoms with Gasteiger partial charge in [0.05, 0.1) is 0 Å².